The molecular weight excluding hydrogens is 397 g/mol. The van der Waals surface area contributed by atoms with Crippen molar-refractivity contribution in [1.29, 1.82) is 0 Å². The Hall–Kier alpha value is -2.24. The second kappa shape index (κ2) is 9.46. The summed E-state index contributed by atoms with van der Waals surface area (Å²) in [6, 6.07) is 11.1. The number of carbonyl (C=O) groups excluding carboxylic acids is 1. The quantitative estimate of drug-likeness (QED) is 0.335. The van der Waals surface area contributed by atoms with Crippen LogP contribution >= 0.6 is 15.9 Å². The largest absolute Gasteiger partial charge is 0.471 e. The van der Waals surface area contributed by atoms with Crippen LogP contribution in [-0.4, -0.2) is 30.5 Å². The molecule has 2 aromatic rings. The van der Waals surface area contributed by atoms with E-state index in [9.17, 15) is 9.18 Å². The second-order valence-corrected chi connectivity index (χ2v) is 6.66. The maximum Gasteiger partial charge on any atom is 0.195 e. The van der Waals surface area contributed by atoms with Gasteiger partial charge in [-0.25, -0.2) is 4.39 Å². The van der Waals surface area contributed by atoms with Gasteiger partial charge in [0.05, 0.1) is 5.56 Å². The number of halogens is 2. The van der Waals surface area contributed by atoms with Gasteiger partial charge in [-0.1, -0.05) is 28.1 Å². The van der Waals surface area contributed by atoms with Gasteiger partial charge in [-0.3, -0.25) is 9.69 Å². The Morgan fingerprint density at radius 3 is 2.58 bits per heavy atom. The topological polar surface area (TPSA) is 29.5 Å². The minimum atomic E-state index is -0.610. The zero-order valence-corrected chi connectivity index (χ0v) is 16.4. The minimum absolute atomic E-state index is 0.0155. The monoisotopic (exact) mass is 417 g/mol. The highest BCUT2D eigenvalue weighted by atomic mass is 79.9. The third-order valence-electron chi connectivity index (χ3n) is 3.76. The molecule has 0 aromatic heterocycles. The summed E-state index contributed by atoms with van der Waals surface area (Å²) in [4.78, 5) is 14.4. The number of benzene rings is 2. The van der Waals surface area contributed by atoms with Gasteiger partial charge in [-0.15, -0.1) is 6.58 Å². The Labute approximate surface area is 161 Å². The second-order valence-electron chi connectivity index (χ2n) is 5.74. The zero-order valence-electron chi connectivity index (χ0n) is 14.8. The van der Waals surface area contributed by atoms with E-state index < -0.39 is 5.82 Å². The summed E-state index contributed by atoms with van der Waals surface area (Å²) in [5.74, 6) is -0.620. The van der Waals surface area contributed by atoms with E-state index in [1.165, 1.54) is 12.1 Å². The normalized spacial score (nSPS) is 12.3. The zero-order chi connectivity index (χ0) is 19.1. The highest BCUT2D eigenvalue weighted by Gasteiger charge is 2.17. The Morgan fingerprint density at radius 2 is 2.00 bits per heavy atom. The molecule has 1 unspecified atom stereocenters. The van der Waals surface area contributed by atoms with Gasteiger partial charge in [-0.05, 0) is 56.4 Å². The summed E-state index contributed by atoms with van der Waals surface area (Å²) >= 11 is 3.32. The molecule has 0 amide bonds. The molecule has 0 N–H and O–H groups in total. The van der Waals surface area contributed by atoms with Crippen molar-refractivity contribution < 1.29 is 13.9 Å². The molecule has 0 bridgehead atoms. The lowest BCUT2D eigenvalue weighted by atomic mass is 10.0. The van der Waals surface area contributed by atoms with E-state index in [-0.39, 0.29) is 17.6 Å². The van der Waals surface area contributed by atoms with Gasteiger partial charge in [0.1, 0.15) is 11.6 Å². The van der Waals surface area contributed by atoms with E-state index >= 15 is 0 Å². The van der Waals surface area contributed by atoms with E-state index in [0.29, 0.717) is 17.9 Å². The molecule has 2 rings (SSSR count). The fraction of sp³-hybridized carbons (Fsp3) is 0.190. The molecule has 1 atom stereocenters. The lowest BCUT2D eigenvalue weighted by molar-refractivity contribution is 0.0943. The highest BCUT2D eigenvalue weighted by Crippen LogP contribution is 2.22. The number of hydrogen-bond donors (Lipinski definition) is 0. The van der Waals surface area contributed by atoms with Crippen LogP contribution in [0.4, 0.5) is 4.39 Å². The van der Waals surface area contributed by atoms with E-state index in [4.69, 9.17) is 4.74 Å². The summed E-state index contributed by atoms with van der Waals surface area (Å²) in [5.41, 5.74) is 0.444. The summed E-state index contributed by atoms with van der Waals surface area (Å²) < 4.78 is 21.2. The van der Waals surface area contributed by atoms with Crippen LogP contribution in [0.5, 0.6) is 5.75 Å². The number of nitrogens with zero attached hydrogens (tertiary/aromatic N) is 1. The smallest absolute Gasteiger partial charge is 0.195 e. The van der Waals surface area contributed by atoms with Gasteiger partial charge in [0.15, 0.2) is 12.0 Å². The maximum absolute atomic E-state index is 14.5. The Morgan fingerprint density at radius 1 is 1.31 bits per heavy atom. The van der Waals surface area contributed by atoms with Crippen molar-refractivity contribution in [3.63, 3.8) is 0 Å². The van der Waals surface area contributed by atoms with Gasteiger partial charge < -0.3 is 4.74 Å². The SMILES string of the molecule is C=CCN(C)C(/C=C/C)Oc1ccc(C(=O)c2ccc(Br)cc2)c(F)c1. The molecule has 0 fully saturated rings. The fourth-order valence-corrected chi connectivity index (χ4v) is 2.66. The standard InChI is InChI=1S/C21H21BrFNO2/c1-4-6-20(24(3)13-5-2)26-17-11-12-18(19(23)14-17)21(25)15-7-9-16(22)10-8-15/h4-12,14,20H,2,13H2,1,3H3/b6-4+. The molecule has 0 heterocycles. The van der Waals surface area contributed by atoms with Crippen molar-refractivity contribution in [2.24, 2.45) is 0 Å². The summed E-state index contributed by atoms with van der Waals surface area (Å²) in [5, 5.41) is 0. The number of hydrogen-bond acceptors (Lipinski definition) is 3. The Balaban J connectivity index is 2.21. The number of carbonyl (C=O) groups is 1. The van der Waals surface area contributed by atoms with Crippen LogP contribution in [-0.2, 0) is 0 Å². The summed E-state index contributed by atoms with van der Waals surface area (Å²) in [6.07, 6.45) is 5.14. The molecule has 2 aromatic carbocycles. The van der Waals surface area contributed by atoms with Crippen molar-refractivity contribution in [2.75, 3.05) is 13.6 Å². The molecule has 136 valence electrons. The van der Waals surface area contributed by atoms with Gasteiger partial charge in [0, 0.05) is 22.6 Å². The van der Waals surface area contributed by atoms with E-state index in [1.807, 2.05) is 31.0 Å². The average molecular weight is 418 g/mol. The highest BCUT2D eigenvalue weighted by molar-refractivity contribution is 9.10. The number of rotatable bonds is 8. The molecule has 26 heavy (non-hydrogen) atoms. The van der Waals surface area contributed by atoms with Crippen LogP contribution in [0.15, 0.2) is 71.7 Å². The van der Waals surface area contributed by atoms with Crippen LogP contribution in [0.25, 0.3) is 0 Å². The van der Waals surface area contributed by atoms with E-state index in [2.05, 4.69) is 22.5 Å². The number of ether oxygens (including phenoxy) is 1. The lowest BCUT2D eigenvalue weighted by Crippen LogP contribution is -2.35. The minimum Gasteiger partial charge on any atom is -0.471 e. The van der Waals surface area contributed by atoms with Gasteiger partial charge >= 0.3 is 0 Å². The van der Waals surface area contributed by atoms with Crippen molar-refractivity contribution in [3.8, 4) is 5.75 Å². The van der Waals surface area contributed by atoms with E-state index in [0.717, 1.165) is 4.47 Å². The van der Waals surface area contributed by atoms with Crippen molar-refractivity contribution >= 4 is 21.7 Å². The molecule has 0 aliphatic heterocycles. The van der Waals surface area contributed by atoms with Crippen LogP contribution in [0.1, 0.15) is 22.8 Å². The fourth-order valence-electron chi connectivity index (χ4n) is 2.40. The van der Waals surface area contributed by atoms with Crippen molar-refractivity contribution in [2.45, 2.75) is 13.2 Å². The van der Waals surface area contributed by atoms with Crippen LogP contribution in [0.3, 0.4) is 0 Å². The lowest BCUT2D eigenvalue weighted by Gasteiger charge is -2.25. The molecule has 0 spiro atoms. The first-order chi connectivity index (χ1) is 12.5. The number of ketones is 1. The first kappa shape index (κ1) is 20.1. The Kier molecular flexibility index (Phi) is 7.30. The first-order valence-electron chi connectivity index (χ1n) is 8.16. The molecule has 0 saturated heterocycles. The van der Waals surface area contributed by atoms with Gasteiger partial charge in [0.25, 0.3) is 0 Å². The predicted octanol–water partition coefficient (Wildman–Crippen LogP) is 5.22. The molecule has 0 radical (unpaired) electrons. The third-order valence-corrected chi connectivity index (χ3v) is 4.29. The van der Waals surface area contributed by atoms with Crippen molar-refractivity contribution in [1.82, 2.24) is 4.90 Å². The van der Waals surface area contributed by atoms with Crippen LogP contribution in [0.2, 0.25) is 0 Å². The molecule has 0 aliphatic rings. The molecule has 5 heteroatoms. The maximum atomic E-state index is 14.5. The summed E-state index contributed by atoms with van der Waals surface area (Å²) in [7, 11) is 1.88. The van der Waals surface area contributed by atoms with Crippen LogP contribution < -0.4 is 4.74 Å². The molecule has 0 aliphatic carbocycles. The molecule has 0 saturated carbocycles. The van der Waals surface area contributed by atoms with E-state index in [1.54, 1.807) is 36.4 Å². The third kappa shape index (κ3) is 5.13. The summed E-state index contributed by atoms with van der Waals surface area (Å²) in [6.45, 7) is 6.22. The van der Waals surface area contributed by atoms with Crippen LogP contribution in [0, 0.1) is 5.82 Å². The van der Waals surface area contributed by atoms with Crippen molar-refractivity contribution in [3.05, 3.63) is 88.7 Å². The number of allylic oxidation sites excluding steroid dienone is 1. The van der Waals surface area contributed by atoms with Gasteiger partial charge in [-0.2, -0.15) is 0 Å². The molecule has 3 nitrogen and oxygen atoms in total. The number of likely N-dealkylation sites (N-methyl/N-ethyl adjacent to an activating group) is 1. The van der Waals surface area contributed by atoms with Gasteiger partial charge in [0.2, 0.25) is 0 Å². The first-order valence-corrected chi connectivity index (χ1v) is 8.96. The molecular formula is C21H21BrFNO2. The Bertz CT molecular complexity index is 802. The predicted molar refractivity (Wildman–Crippen MR) is 106 cm³/mol. The average Bonchev–Trinajstić information content (AvgIpc) is 2.62.